The zero-order chi connectivity index (χ0) is 13.8. The van der Waals surface area contributed by atoms with Gasteiger partial charge in [-0.2, -0.15) is 0 Å². The van der Waals surface area contributed by atoms with Gasteiger partial charge >= 0.3 is 0 Å². The molecule has 1 saturated heterocycles. The lowest BCUT2D eigenvalue weighted by Gasteiger charge is -2.31. The van der Waals surface area contributed by atoms with Gasteiger partial charge in [-0.1, -0.05) is 28.1 Å². The number of benzene rings is 1. The molecule has 0 aromatic heterocycles. The molecule has 2 rings (SSSR count). The molecule has 1 aliphatic heterocycles. The standard InChI is InChI=1S/C15H18BrNO2/c1-11(18)13-5-7-17(8-6-13)15(19)10-12-3-2-4-14(16)9-12/h2-4,9,13H,5-8,10H2,1H3. The first-order valence-electron chi connectivity index (χ1n) is 6.59. The van der Waals surface area contributed by atoms with Gasteiger partial charge in [0.15, 0.2) is 0 Å². The van der Waals surface area contributed by atoms with Crippen LogP contribution in [0.15, 0.2) is 28.7 Å². The summed E-state index contributed by atoms with van der Waals surface area (Å²) in [5.41, 5.74) is 1.02. The van der Waals surface area contributed by atoms with Crippen LogP contribution in [0.1, 0.15) is 25.3 Å². The molecule has 1 aromatic rings. The number of piperidine rings is 1. The lowest BCUT2D eigenvalue weighted by molar-refractivity contribution is -0.134. The zero-order valence-corrected chi connectivity index (χ0v) is 12.6. The number of halogens is 1. The Kier molecular flexibility index (Phi) is 4.75. The Morgan fingerprint density at radius 1 is 1.32 bits per heavy atom. The molecular weight excluding hydrogens is 306 g/mol. The maximum absolute atomic E-state index is 12.2. The average Bonchev–Trinajstić information content (AvgIpc) is 2.39. The quantitative estimate of drug-likeness (QED) is 0.857. The Morgan fingerprint density at radius 3 is 2.58 bits per heavy atom. The molecule has 0 aliphatic carbocycles. The van der Waals surface area contributed by atoms with Crippen LogP contribution in [-0.2, 0) is 16.0 Å². The Hall–Kier alpha value is -1.16. The fraction of sp³-hybridized carbons (Fsp3) is 0.467. The third-order valence-electron chi connectivity index (χ3n) is 3.67. The van der Waals surface area contributed by atoms with E-state index in [4.69, 9.17) is 0 Å². The molecule has 0 N–H and O–H groups in total. The number of hydrogen-bond donors (Lipinski definition) is 0. The van der Waals surface area contributed by atoms with Crippen molar-refractivity contribution in [2.45, 2.75) is 26.2 Å². The summed E-state index contributed by atoms with van der Waals surface area (Å²) in [4.78, 5) is 25.4. The molecule has 1 aliphatic rings. The van der Waals surface area contributed by atoms with Gasteiger partial charge in [0.25, 0.3) is 0 Å². The van der Waals surface area contributed by atoms with Crippen molar-refractivity contribution in [3.8, 4) is 0 Å². The summed E-state index contributed by atoms with van der Waals surface area (Å²) in [6.45, 7) is 3.05. The number of carbonyl (C=O) groups is 2. The molecule has 0 atom stereocenters. The van der Waals surface area contributed by atoms with Crippen LogP contribution < -0.4 is 0 Å². The van der Waals surface area contributed by atoms with Crippen LogP contribution in [0.25, 0.3) is 0 Å². The van der Waals surface area contributed by atoms with E-state index < -0.39 is 0 Å². The molecule has 1 heterocycles. The van der Waals surface area contributed by atoms with E-state index in [1.54, 1.807) is 6.92 Å². The summed E-state index contributed by atoms with van der Waals surface area (Å²) < 4.78 is 0.994. The van der Waals surface area contributed by atoms with E-state index in [0.29, 0.717) is 19.5 Å². The fourth-order valence-corrected chi connectivity index (χ4v) is 2.92. The van der Waals surface area contributed by atoms with Crippen LogP contribution in [0.5, 0.6) is 0 Å². The zero-order valence-electron chi connectivity index (χ0n) is 11.1. The summed E-state index contributed by atoms with van der Waals surface area (Å²) in [6, 6.07) is 7.83. The van der Waals surface area contributed by atoms with Gasteiger partial charge in [0, 0.05) is 23.5 Å². The van der Waals surface area contributed by atoms with E-state index in [9.17, 15) is 9.59 Å². The van der Waals surface area contributed by atoms with Gasteiger partial charge in [0.1, 0.15) is 5.78 Å². The highest BCUT2D eigenvalue weighted by Gasteiger charge is 2.25. The molecule has 19 heavy (non-hydrogen) atoms. The monoisotopic (exact) mass is 323 g/mol. The summed E-state index contributed by atoms with van der Waals surface area (Å²) in [6.07, 6.45) is 2.04. The van der Waals surface area contributed by atoms with Gasteiger partial charge in [-0.15, -0.1) is 0 Å². The van der Waals surface area contributed by atoms with Crippen LogP contribution in [-0.4, -0.2) is 29.7 Å². The maximum Gasteiger partial charge on any atom is 0.226 e. The number of rotatable bonds is 3. The van der Waals surface area contributed by atoms with Crippen LogP contribution in [0, 0.1) is 5.92 Å². The number of Topliss-reactive ketones (excluding diaryl/α,β-unsaturated/α-hetero) is 1. The van der Waals surface area contributed by atoms with E-state index in [0.717, 1.165) is 22.9 Å². The first kappa shape index (κ1) is 14.3. The van der Waals surface area contributed by atoms with E-state index in [1.807, 2.05) is 29.2 Å². The van der Waals surface area contributed by atoms with Gasteiger partial charge in [0.2, 0.25) is 5.91 Å². The molecule has 1 amide bonds. The predicted molar refractivity (Wildman–Crippen MR) is 77.8 cm³/mol. The molecule has 0 radical (unpaired) electrons. The topological polar surface area (TPSA) is 37.4 Å². The molecule has 1 aromatic carbocycles. The van der Waals surface area contributed by atoms with Crippen molar-refractivity contribution in [2.24, 2.45) is 5.92 Å². The van der Waals surface area contributed by atoms with Gasteiger partial charge in [-0.3, -0.25) is 9.59 Å². The fourth-order valence-electron chi connectivity index (χ4n) is 2.47. The van der Waals surface area contributed by atoms with Crippen molar-refractivity contribution < 1.29 is 9.59 Å². The molecule has 0 bridgehead atoms. The minimum Gasteiger partial charge on any atom is -0.342 e. The van der Waals surface area contributed by atoms with E-state index in [-0.39, 0.29) is 17.6 Å². The third-order valence-corrected chi connectivity index (χ3v) is 4.16. The highest BCUT2D eigenvalue weighted by molar-refractivity contribution is 9.10. The smallest absolute Gasteiger partial charge is 0.226 e. The first-order chi connectivity index (χ1) is 9.06. The SMILES string of the molecule is CC(=O)C1CCN(C(=O)Cc2cccc(Br)c2)CC1. The van der Waals surface area contributed by atoms with Crippen LogP contribution in [0.2, 0.25) is 0 Å². The van der Waals surface area contributed by atoms with Gasteiger partial charge < -0.3 is 4.90 Å². The largest absolute Gasteiger partial charge is 0.342 e. The van der Waals surface area contributed by atoms with Crippen LogP contribution in [0.3, 0.4) is 0 Å². The van der Waals surface area contributed by atoms with E-state index in [2.05, 4.69) is 15.9 Å². The maximum atomic E-state index is 12.2. The summed E-state index contributed by atoms with van der Waals surface area (Å²) in [5, 5.41) is 0. The Morgan fingerprint density at radius 2 is 2.00 bits per heavy atom. The third kappa shape index (κ3) is 3.90. The number of hydrogen-bond acceptors (Lipinski definition) is 2. The van der Waals surface area contributed by atoms with Crippen LogP contribution >= 0.6 is 15.9 Å². The molecule has 102 valence electrons. The minimum atomic E-state index is 0.148. The average molecular weight is 324 g/mol. The van der Waals surface area contributed by atoms with Gasteiger partial charge in [-0.25, -0.2) is 0 Å². The molecular formula is C15H18BrNO2. The van der Waals surface area contributed by atoms with Crippen molar-refractivity contribution in [2.75, 3.05) is 13.1 Å². The summed E-state index contributed by atoms with van der Waals surface area (Å²) in [5.74, 6) is 0.550. The van der Waals surface area contributed by atoms with Crippen molar-refractivity contribution in [1.29, 1.82) is 0 Å². The predicted octanol–water partition coefficient (Wildman–Crippen LogP) is 2.82. The Bertz CT molecular complexity index is 479. The second-order valence-electron chi connectivity index (χ2n) is 5.07. The molecule has 0 unspecified atom stereocenters. The molecule has 4 heteroatoms. The summed E-state index contributed by atoms with van der Waals surface area (Å²) >= 11 is 3.41. The highest BCUT2D eigenvalue weighted by atomic mass is 79.9. The highest BCUT2D eigenvalue weighted by Crippen LogP contribution is 2.19. The number of likely N-dealkylation sites (tertiary alicyclic amines) is 1. The second kappa shape index (κ2) is 6.33. The van der Waals surface area contributed by atoms with Crippen molar-refractivity contribution in [3.05, 3.63) is 34.3 Å². The van der Waals surface area contributed by atoms with Crippen molar-refractivity contribution >= 4 is 27.6 Å². The molecule has 0 saturated carbocycles. The van der Waals surface area contributed by atoms with Crippen molar-refractivity contribution in [1.82, 2.24) is 4.90 Å². The number of carbonyl (C=O) groups excluding carboxylic acids is 2. The van der Waals surface area contributed by atoms with Crippen molar-refractivity contribution in [3.63, 3.8) is 0 Å². The van der Waals surface area contributed by atoms with Gasteiger partial charge in [-0.05, 0) is 37.5 Å². The van der Waals surface area contributed by atoms with Crippen LogP contribution in [0.4, 0.5) is 0 Å². The number of nitrogens with zero attached hydrogens (tertiary/aromatic N) is 1. The minimum absolute atomic E-state index is 0.148. The second-order valence-corrected chi connectivity index (χ2v) is 5.99. The lowest BCUT2D eigenvalue weighted by Crippen LogP contribution is -2.40. The molecule has 0 spiro atoms. The molecule has 1 fully saturated rings. The number of amides is 1. The number of ketones is 1. The Labute approximate surface area is 122 Å². The first-order valence-corrected chi connectivity index (χ1v) is 7.38. The normalized spacial score (nSPS) is 16.4. The lowest BCUT2D eigenvalue weighted by atomic mass is 9.93. The summed E-state index contributed by atoms with van der Waals surface area (Å²) in [7, 11) is 0. The molecule has 3 nitrogen and oxygen atoms in total. The van der Waals surface area contributed by atoms with Gasteiger partial charge in [0.05, 0.1) is 6.42 Å². The van der Waals surface area contributed by atoms with E-state index in [1.165, 1.54) is 0 Å². The Balaban J connectivity index is 1.90. The van der Waals surface area contributed by atoms with E-state index >= 15 is 0 Å².